The Morgan fingerprint density at radius 3 is 2.81 bits per heavy atom. The Morgan fingerprint density at radius 1 is 1.22 bits per heavy atom. The largest absolute Gasteiger partial charge is 0.338 e. The minimum absolute atomic E-state index is 0.0572. The summed E-state index contributed by atoms with van der Waals surface area (Å²) >= 11 is 3.53. The lowest BCUT2D eigenvalue weighted by atomic mass is 9.86. The fourth-order valence-corrected chi connectivity index (χ4v) is 6.76. The second-order valence-electron chi connectivity index (χ2n) is 8.66. The van der Waals surface area contributed by atoms with Crippen molar-refractivity contribution in [3.63, 3.8) is 0 Å². The van der Waals surface area contributed by atoms with Gasteiger partial charge in [-0.25, -0.2) is 9.97 Å². The van der Waals surface area contributed by atoms with Gasteiger partial charge in [0.1, 0.15) is 5.50 Å². The second-order valence-corrected chi connectivity index (χ2v) is 10.7. The molecule has 1 amide bonds. The Hall–Kier alpha value is -2.42. The summed E-state index contributed by atoms with van der Waals surface area (Å²) in [4.78, 5) is 25.8. The van der Waals surface area contributed by atoms with Crippen LogP contribution >= 0.6 is 23.1 Å². The van der Waals surface area contributed by atoms with Crippen LogP contribution in [0.2, 0.25) is 0 Å². The lowest BCUT2D eigenvalue weighted by Gasteiger charge is -2.42. The van der Waals surface area contributed by atoms with E-state index in [-0.39, 0.29) is 16.9 Å². The number of hydrogen-bond acceptors (Lipinski definition) is 7. The number of hydrogen-bond donors (Lipinski definition) is 2. The van der Waals surface area contributed by atoms with Gasteiger partial charge in [0.05, 0.1) is 5.54 Å². The molecule has 2 aromatic heterocycles. The van der Waals surface area contributed by atoms with Gasteiger partial charge in [0.2, 0.25) is 5.95 Å². The third kappa shape index (κ3) is 4.02. The number of nitrogens with one attached hydrogen (secondary N) is 2. The number of carbonyl (C=O) groups excluding carboxylic acids is 1. The van der Waals surface area contributed by atoms with Crippen molar-refractivity contribution < 1.29 is 4.79 Å². The lowest BCUT2D eigenvalue weighted by molar-refractivity contribution is 0.0934. The zero-order chi connectivity index (χ0) is 22.1. The molecule has 4 heterocycles. The van der Waals surface area contributed by atoms with Crippen molar-refractivity contribution in [2.45, 2.75) is 30.8 Å². The summed E-state index contributed by atoms with van der Waals surface area (Å²) in [5, 5.41) is 9.12. The molecule has 1 aromatic carbocycles. The maximum absolute atomic E-state index is 12.8. The quantitative estimate of drug-likeness (QED) is 0.593. The minimum Gasteiger partial charge on any atom is -0.338 e. The number of nitrogens with zero attached hydrogens (tertiary/aromatic N) is 3. The van der Waals surface area contributed by atoms with E-state index in [9.17, 15) is 4.79 Å². The van der Waals surface area contributed by atoms with Gasteiger partial charge in [0.15, 0.2) is 0 Å². The zero-order valence-electron chi connectivity index (χ0n) is 18.2. The molecule has 3 aromatic rings. The smallest absolute Gasteiger partial charge is 0.253 e. The molecule has 0 spiro atoms. The third-order valence-electron chi connectivity index (χ3n) is 6.23. The predicted octanol–water partition coefficient (Wildman–Crippen LogP) is 4.04. The number of rotatable bonds is 5. The van der Waals surface area contributed by atoms with Gasteiger partial charge in [0.25, 0.3) is 5.91 Å². The van der Waals surface area contributed by atoms with Gasteiger partial charge < -0.3 is 10.2 Å². The van der Waals surface area contributed by atoms with Crippen LogP contribution in [-0.2, 0) is 5.54 Å². The van der Waals surface area contributed by atoms with Crippen molar-refractivity contribution in [3.8, 4) is 0 Å². The highest BCUT2D eigenvalue weighted by Gasteiger charge is 2.52. The van der Waals surface area contributed by atoms with Crippen LogP contribution in [0.3, 0.4) is 0 Å². The lowest BCUT2D eigenvalue weighted by Crippen LogP contribution is -2.60. The third-order valence-corrected chi connectivity index (χ3v) is 8.44. The molecule has 2 aliphatic rings. The summed E-state index contributed by atoms with van der Waals surface area (Å²) < 4.78 is 0. The molecule has 2 fully saturated rings. The summed E-state index contributed by atoms with van der Waals surface area (Å²) in [6.45, 7) is 5.97. The predicted molar refractivity (Wildman–Crippen MR) is 131 cm³/mol. The van der Waals surface area contributed by atoms with Gasteiger partial charge in [-0.05, 0) is 35.6 Å². The first-order valence-corrected chi connectivity index (χ1v) is 12.8. The maximum Gasteiger partial charge on any atom is 0.253 e. The van der Waals surface area contributed by atoms with Crippen molar-refractivity contribution in [1.82, 2.24) is 20.6 Å². The minimum atomic E-state index is -0.245. The highest BCUT2D eigenvalue weighted by molar-refractivity contribution is 7.99. The van der Waals surface area contributed by atoms with Gasteiger partial charge in [-0.3, -0.25) is 10.1 Å². The van der Waals surface area contributed by atoms with Gasteiger partial charge in [-0.15, -0.1) is 23.1 Å². The summed E-state index contributed by atoms with van der Waals surface area (Å²) in [6, 6.07) is 15.7. The molecule has 2 N–H and O–H groups in total. The molecule has 1 unspecified atom stereocenters. The van der Waals surface area contributed by atoms with Crippen molar-refractivity contribution in [3.05, 3.63) is 76.2 Å². The molecule has 0 aliphatic carbocycles. The molecule has 0 radical (unpaired) electrons. The number of anilines is 1. The Bertz CT molecular complexity index is 1080. The van der Waals surface area contributed by atoms with Crippen molar-refractivity contribution in [2.24, 2.45) is 5.92 Å². The van der Waals surface area contributed by atoms with E-state index in [1.54, 1.807) is 23.1 Å². The molecule has 8 heteroatoms. The normalized spacial score (nSPS) is 25.0. The number of aromatic nitrogens is 2. The van der Waals surface area contributed by atoms with E-state index in [2.05, 4.69) is 51.9 Å². The average Bonchev–Trinajstić information content (AvgIpc) is 3.48. The SMILES string of the molecule is CC(C)c1ccnc(N2C[C@H]3CSC(NC(=O)c4ccccc4)N[C@@]3(c3cccs3)C2)n1. The summed E-state index contributed by atoms with van der Waals surface area (Å²) in [5.41, 5.74) is 1.33. The molecule has 6 nitrogen and oxygen atoms in total. The maximum atomic E-state index is 12.8. The van der Waals surface area contributed by atoms with Gasteiger partial charge >= 0.3 is 0 Å². The first kappa shape index (κ1) is 21.4. The number of fused-ring (bicyclic) bond motifs is 1. The molecule has 32 heavy (non-hydrogen) atoms. The second kappa shape index (κ2) is 8.84. The fourth-order valence-electron chi connectivity index (χ4n) is 4.50. The van der Waals surface area contributed by atoms with E-state index in [0.29, 0.717) is 17.4 Å². The van der Waals surface area contributed by atoms with Crippen LogP contribution in [-0.4, -0.2) is 40.2 Å². The van der Waals surface area contributed by atoms with Gasteiger partial charge in [-0.2, -0.15) is 0 Å². The number of carbonyl (C=O) groups is 1. The van der Waals surface area contributed by atoms with E-state index in [1.807, 2.05) is 42.6 Å². The molecule has 0 saturated carbocycles. The zero-order valence-corrected chi connectivity index (χ0v) is 19.8. The standard InChI is InChI=1S/C24H27N5OS2/c1-16(2)19-10-11-25-22(26-19)29-13-18-14-32-23(27-21(30)17-7-4-3-5-8-17)28-24(18,15-29)20-9-6-12-31-20/h3-12,16,18,23,28H,13-15H2,1-2H3,(H,27,30)/t18-,23?,24-/m0/s1. The van der Waals surface area contributed by atoms with Gasteiger partial charge in [0, 0.05) is 47.1 Å². The highest BCUT2D eigenvalue weighted by atomic mass is 32.2. The number of benzene rings is 1. The van der Waals surface area contributed by atoms with Crippen molar-refractivity contribution >= 4 is 35.0 Å². The Balaban J connectivity index is 1.40. The van der Waals surface area contributed by atoms with Crippen LogP contribution in [0.15, 0.2) is 60.1 Å². The molecular formula is C24H27N5OS2. The molecule has 0 bridgehead atoms. The monoisotopic (exact) mass is 465 g/mol. The summed E-state index contributed by atoms with van der Waals surface area (Å²) in [6.07, 6.45) is 1.86. The molecule has 166 valence electrons. The van der Waals surface area contributed by atoms with Crippen LogP contribution in [0.1, 0.15) is 40.7 Å². The first-order valence-electron chi connectivity index (χ1n) is 10.9. The molecule has 5 rings (SSSR count). The van der Waals surface area contributed by atoms with Gasteiger partial charge in [-0.1, -0.05) is 38.1 Å². The average molecular weight is 466 g/mol. The fraction of sp³-hybridized carbons (Fsp3) is 0.375. The van der Waals surface area contributed by atoms with Crippen LogP contribution in [0.5, 0.6) is 0 Å². The molecule has 3 atom stereocenters. The highest BCUT2D eigenvalue weighted by Crippen LogP contribution is 2.45. The Labute approximate surface area is 196 Å². The van der Waals surface area contributed by atoms with Crippen LogP contribution in [0.4, 0.5) is 5.95 Å². The van der Waals surface area contributed by atoms with E-state index in [4.69, 9.17) is 4.98 Å². The number of amides is 1. The first-order chi connectivity index (χ1) is 15.5. The molecular weight excluding hydrogens is 438 g/mol. The summed E-state index contributed by atoms with van der Waals surface area (Å²) in [5.74, 6) is 2.43. The van der Waals surface area contributed by atoms with E-state index in [0.717, 1.165) is 30.5 Å². The molecule has 2 saturated heterocycles. The van der Waals surface area contributed by atoms with Crippen LogP contribution < -0.4 is 15.5 Å². The van der Waals surface area contributed by atoms with E-state index >= 15 is 0 Å². The Kier molecular flexibility index (Phi) is 5.92. The molecule has 2 aliphatic heterocycles. The summed E-state index contributed by atoms with van der Waals surface area (Å²) in [7, 11) is 0. The van der Waals surface area contributed by atoms with E-state index < -0.39 is 0 Å². The van der Waals surface area contributed by atoms with Crippen LogP contribution in [0.25, 0.3) is 0 Å². The number of thioether (sulfide) groups is 1. The van der Waals surface area contributed by atoms with Crippen LogP contribution in [0, 0.1) is 5.92 Å². The topological polar surface area (TPSA) is 70.2 Å². The van der Waals surface area contributed by atoms with Crippen molar-refractivity contribution in [2.75, 3.05) is 23.7 Å². The Morgan fingerprint density at radius 2 is 2.06 bits per heavy atom. The number of thiophene rings is 1. The van der Waals surface area contributed by atoms with E-state index in [1.165, 1.54) is 4.88 Å². The van der Waals surface area contributed by atoms with Crippen molar-refractivity contribution in [1.29, 1.82) is 0 Å².